The van der Waals surface area contributed by atoms with Gasteiger partial charge in [0.2, 0.25) is 13.4 Å². The van der Waals surface area contributed by atoms with Crippen molar-refractivity contribution in [1.82, 2.24) is 6.15 Å². The molecule has 6 aliphatic rings. The molecule has 684 valence electrons. The summed E-state index contributed by atoms with van der Waals surface area (Å²) in [7, 11) is -5.71. The van der Waals surface area contributed by atoms with Crippen LogP contribution in [0.5, 0.6) is 23.0 Å². The molecule has 0 amide bonds. The third-order valence-corrected chi connectivity index (χ3v) is 40.5. The molecule has 2 spiro atoms. The van der Waals surface area contributed by atoms with Gasteiger partial charge in [0.15, 0.2) is 16.1 Å². The topological polar surface area (TPSA) is 68.7 Å². The summed E-state index contributed by atoms with van der Waals surface area (Å²) in [5.74, 6) is 6.05. The van der Waals surface area contributed by atoms with Crippen LogP contribution in [0.1, 0.15) is 204 Å². The van der Waals surface area contributed by atoms with Gasteiger partial charge in [0.25, 0.3) is 0 Å². The van der Waals surface area contributed by atoms with Gasteiger partial charge >= 0.3 is 0 Å². The summed E-state index contributed by atoms with van der Waals surface area (Å²) in [5, 5.41) is 15.8. The van der Waals surface area contributed by atoms with Crippen molar-refractivity contribution in [1.29, 1.82) is 0 Å². The second-order valence-corrected chi connectivity index (χ2v) is 47.8. The molecule has 10 heteroatoms. The van der Waals surface area contributed by atoms with Gasteiger partial charge in [-0.1, -0.05) is 487 Å². The molecule has 0 radical (unpaired) electrons. The largest absolute Gasteiger partial charge is 0.457 e. The number of fused-ring (bicyclic) bond motifs is 20. The smallest absolute Gasteiger partial charge is 0.241 e. The van der Waals surface area contributed by atoms with Crippen LogP contribution in [-0.2, 0) is 10.8 Å². The number of hydrogen-bond acceptors (Lipinski definition) is 5. The third-order valence-electron chi connectivity index (χ3n) is 30.5. The molecule has 0 bridgehead atoms. The van der Waals surface area contributed by atoms with Gasteiger partial charge in [-0.25, -0.2) is 0 Å². The van der Waals surface area contributed by atoms with Crippen LogP contribution < -0.4 is 100 Å². The monoisotopic (exact) mass is 1860 g/mol. The fourth-order valence-corrected chi connectivity index (χ4v) is 35.5. The van der Waals surface area contributed by atoms with Crippen LogP contribution in [0.15, 0.2) is 425 Å². The van der Waals surface area contributed by atoms with Crippen LogP contribution in [0, 0.1) is 0 Å². The molecular weight excluding hydrogens is 1740 g/mol. The van der Waals surface area contributed by atoms with Gasteiger partial charge in [-0.2, -0.15) is 0 Å². The van der Waals surface area contributed by atoms with Gasteiger partial charge in [-0.15, -0.1) is 0 Å². The molecule has 18 aromatic rings. The van der Waals surface area contributed by atoms with Crippen molar-refractivity contribution in [2.24, 2.45) is 0 Å². The Morgan fingerprint density at radius 2 is 0.540 bits per heavy atom. The molecule has 0 saturated heterocycles. The molecule has 0 atom stereocenters. The number of nitrogens with zero attached hydrogens (tertiary/aromatic N) is 1. The van der Waals surface area contributed by atoms with E-state index in [2.05, 4.69) is 506 Å². The first-order valence-corrected chi connectivity index (χ1v) is 53.6. The summed E-state index contributed by atoms with van der Waals surface area (Å²) < 4.78 is 13.1. The Labute approximate surface area is 830 Å². The zero-order valence-electron chi connectivity index (χ0n) is 80.9. The second kappa shape index (κ2) is 37.4. The molecule has 0 fully saturated rings. The summed E-state index contributed by atoms with van der Waals surface area (Å²) in [6, 6.07) is 158. The average Bonchev–Trinajstić information content (AvgIpc) is 0.681. The summed E-state index contributed by atoms with van der Waals surface area (Å²) in [5.41, 5.74) is 31.9. The van der Waals surface area contributed by atoms with Crippen molar-refractivity contribution in [2.75, 3.05) is 10.2 Å². The first-order valence-electron chi connectivity index (χ1n) is 49.3. The number of hydrogen-bond donors (Lipinski definition) is 2. The highest BCUT2D eigenvalue weighted by molar-refractivity contribution is 7.27. The van der Waals surface area contributed by atoms with Crippen molar-refractivity contribution < 1.29 is 9.47 Å². The van der Waals surface area contributed by atoms with Gasteiger partial charge < -0.3 is 25.8 Å². The maximum Gasteiger partial charge on any atom is 0.241 e. The minimum absolute atomic E-state index is 0. The number of para-hydroxylation sites is 8. The van der Waals surface area contributed by atoms with Gasteiger partial charge in [0, 0.05) is 44.3 Å². The summed E-state index contributed by atoms with van der Waals surface area (Å²) in [6.07, 6.45) is 0. The summed E-state index contributed by atoms with van der Waals surface area (Å²) in [4.78, 5) is 2.57. The van der Waals surface area contributed by atoms with E-state index in [0.29, 0.717) is 35.5 Å². The fourth-order valence-electron chi connectivity index (χ4n) is 24.6. The lowest BCUT2D eigenvalue weighted by molar-refractivity contribution is 0.434. The van der Waals surface area contributed by atoms with Crippen molar-refractivity contribution in [2.45, 2.75) is 137 Å². The van der Waals surface area contributed by atoms with Crippen LogP contribution in [0.4, 0.5) is 28.4 Å². The number of benzene rings is 18. The maximum absolute atomic E-state index is 6.94. The van der Waals surface area contributed by atoms with E-state index in [4.69, 9.17) is 21.1 Å². The van der Waals surface area contributed by atoms with Crippen LogP contribution in [0.25, 0.3) is 0 Å². The van der Waals surface area contributed by atoms with E-state index in [1.807, 2.05) is 12.1 Å². The van der Waals surface area contributed by atoms with Gasteiger partial charge in [0.1, 0.15) is 23.0 Å². The molecule has 0 unspecified atom stereocenters. The number of ether oxygens (including phenoxy) is 2. The Kier molecular flexibility index (Phi) is 24.9. The molecule has 0 aromatic heterocycles. The van der Waals surface area contributed by atoms with E-state index in [1.165, 1.54) is 152 Å². The van der Waals surface area contributed by atoms with E-state index in [9.17, 15) is 0 Å². The highest BCUT2D eigenvalue weighted by Crippen LogP contribution is 2.64. The number of rotatable bonds is 13. The minimum Gasteiger partial charge on any atom is -0.457 e. The van der Waals surface area contributed by atoms with Crippen molar-refractivity contribution in [3.63, 3.8) is 0 Å². The van der Waals surface area contributed by atoms with Crippen LogP contribution >= 0.6 is 11.6 Å². The van der Waals surface area contributed by atoms with Crippen molar-refractivity contribution in [3.8, 4) is 23.0 Å². The quantitative estimate of drug-likeness (QED) is 0.113. The van der Waals surface area contributed by atoms with Crippen LogP contribution in [-0.4, -0.2) is 29.6 Å². The van der Waals surface area contributed by atoms with E-state index in [1.54, 1.807) is 0 Å². The number of nitrogens with one attached hydrogen (secondary N) is 1. The van der Waals surface area contributed by atoms with E-state index in [0.717, 1.165) is 56.2 Å². The highest BCUT2D eigenvalue weighted by atomic mass is 35.5. The van der Waals surface area contributed by atoms with E-state index in [-0.39, 0.29) is 27.0 Å². The van der Waals surface area contributed by atoms with E-state index < -0.39 is 27.0 Å². The van der Waals surface area contributed by atoms with Crippen LogP contribution in [0.3, 0.4) is 0 Å². The lowest BCUT2D eigenvalue weighted by Gasteiger charge is -2.49. The van der Waals surface area contributed by atoms with E-state index >= 15 is 0 Å². The summed E-state index contributed by atoms with van der Waals surface area (Å²) in [6.45, 7) is 28.5. The zero-order valence-corrected chi connectivity index (χ0v) is 83.6. The van der Waals surface area contributed by atoms with Gasteiger partial charge in [-0.05, 0) is 205 Å². The Hall–Kier alpha value is -14.0. The standard InChI is InChI=1S/C64H56BNOSi.C39H40BClSi.C25H17NO.CH4.H3N/c1-42(2)45-39-49(43(3)4)63(50(40-45)44(5)6)65-55-31-17-22-36-61(55)68(47-23-9-7-10-24-47,48-25-11-8-12-26-48)62-41-46(37-38-56(62)65)66-57-32-18-13-27-51(57)64(52-28-14-19-33-58(52)66)53-29-15-20-34-59(53)67-60-35-21-16-30-54(60)64;1-26(2)29-23-33(27(3)4)39(34(24-29)28(5)6)40-35-19-13-14-20-37(35)42(31-15-9-7-10-16-31,32-17-11-8-12-18-32)38-25-30(41)21-22-36(38)40;1-5-13-21-17(9-1)25(18-10-2-6-14-22(18)26-21)19-11-3-7-15-23(19)27-24-16-8-4-12-20(24)25;;/h7-44H,1-6H3;7-28H,1-6H3;1-16,26H;1H4;1H3. The molecule has 4 N–H and O–H groups in total. The Bertz CT molecular complexity index is 7240. The second-order valence-electron chi connectivity index (χ2n) is 39.9. The fraction of sp³-hybridized carbons (Fsp3) is 0.163. The first kappa shape index (κ1) is 92.7. The zero-order chi connectivity index (χ0) is 93.8. The normalized spacial score (nSPS) is 14.3. The van der Waals surface area contributed by atoms with Crippen molar-refractivity contribution >= 4 is 144 Å². The van der Waals surface area contributed by atoms with Gasteiger partial charge in [0.05, 0.1) is 22.2 Å². The van der Waals surface area contributed by atoms with Crippen molar-refractivity contribution in [3.05, 3.63) is 508 Å². The highest BCUT2D eigenvalue weighted by Gasteiger charge is 2.57. The first-order chi connectivity index (χ1) is 66.9. The number of halogens is 1. The van der Waals surface area contributed by atoms with Gasteiger partial charge in [-0.3, -0.25) is 0 Å². The molecule has 6 aliphatic heterocycles. The average molecular weight is 1860 g/mol. The molecular formula is C129H120B2ClN3O2Si2. The Morgan fingerprint density at radius 3 is 0.885 bits per heavy atom. The lowest BCUT2D eigenvalue weighted by Crippen LogP contribution is -2.86. The molecule has 5 nitrogen and oxygen atoms in total. The predicted molar refractivity (Wildman–Crippen MR) is 598 cm³/mol. The minimum atomic E-state index is -3.02. The third kappa shape index (κ3) is 14.7. The Balaban J connectivity index is 0.000000142. The molecule has 24 rings (SSSR count). The molecule has 6 heterocycles. The maximum atomic E-state index is 6.94. The summed E-state index contributed by atoms with van der Waals surface area (Å²) >= 11 is 6.94. The Morgan fingerprint density at radius 1 is 0.266 bits per heavy atom. The van der Waals surface area contributed by atoms with Crippen LogP contribution in [0.2, 0.25) is 5.02 Å². The molecule has 0 aliphatic carbocycles. The SMILES string of the molecule is C.CC(C)c1cc(C(C)C)c(B2c3ccccc3[Si](c3ccccc3)(c3ccccc3)c3cc(Cl)ccc32)c(C(C)C)c1.CC(C)c1cc(C(C)C)c(B2c3ccccc3[Si](c3ccccc3)(c3ccccc3)c3cc(N4c5ccccc5C5(c6ccccc6Oc6ccccc65)c5ccccc54)ccc32)c(C(C)C)c1.N.c1ccc2c(c1)Nc1ccccc1C21c2ccccc2Oc2ccccc21. The predicted octanol–water partition coefficient (Wildman–Crippen LogP) is 24.5. The molecule has 18 aromatic carbocycles. The number of anilines is 5. The molecule has 139 heavy (non-hydrogen) atoms. The lowest BCUT2D eigenvalue weighted by atomic mass is 9.34. The molecule has 0 saturated carbocycles.